The average molecular weight is 315 g/mol. The lowest BCUT2D eigenvalue weighted by molar-refractivity contribution is -0.140. The van der Waals surface area contributed by atoms with Crippen LogP contribution in [0.2, 0.25) is 0 Å². The van der Waals surface area contributed by atoms with Crippen molar-refractivity contribution in [2.45, 2.75) is 73.8 Å². The van der Waals surface area contributed by atoms with Gasteiger partial charge in [0.05, 0.1) is 0 Å². The number of nitrogens with zero attached hydrogens (tertiary/aromatic N) is 1. The van der Waals surface area contributed by atoms with Crippen molar-refractivity contribution < 1.29 is 9.59 Å². The van der Waals surface area contributed by atoms with E-state index in [-0.39, 0.29) is 17.4 Å². The number of amides is 1. The lowest BCUT2D eigenvalue weighted by Gasteiger charge is -2.36. The number of nitrogens with one attached hydrogen (secondary N) is 1. The molecule has 4 nitrogen and oxygen atoms in total. The topological polar surface area (TPSA) is 49.4 Å². The van der Waals surface area contributed by atoms with Gasteiger partial charge >= 0.3 is 0 Å². The molecule has 0 fully saturated rings. The highest BCUT2D eigenvalue weighted by atomic mass is 16.2. The third kappa shape index (κ3) is 9.19. The molecule has 132 valence electrons. The molecule has 0 aliphatic heterocycles. The van der Waals surface area contributed by atoms with Crippen molar-refractivity contribution in [3.05, 3.63) is 0 Å². The van der Waals surface area contributed by atoms with Crippen LogP contribution >= 0.6 is 0 Å². The van der Waals surface area contributed by atoms with Crippen LogP contribution in [0.15, 0.2) is 0 Å². The van der Waals surface area contributed by atoms with Gasteiger partial charge in [0.25, 0.3) is 0 Å². The highest BCUT2D eigenvalue weighted by Crippen LogP contribution is 2.26. The van der Waals surface area contributed by atoms with Gasteiger partial charge < -0.3 is 15.0 Å². The van der Waals surface area contributed by atoms with E-state index in [1.807, 2.05) is 27.9 Å². The SMILES string of the molecule is CCC.CNC(CN(C)C(=O)C(C)(C)CCC=O)C(C)(C)C. The van der Waals surface area contributed by atoms with Gasteiger partial charge in [0.15, 0.2) is 0 Å². The molecule has 0 bridgehead atoms. The maximum atomic E-state index is 12.4. The van der Waals surface area contributed by atoms with Crippen molar-refractivity contribution >= 4 is 12.2 Å². The van der Waals surface area contributed by atoms with E-state index in [0.29, 0.717) is 19.4 Å². The first-order chi connectivity index (χ1) is 9.97. The number of hydrogen-bond donors (Lipinski definition) is 1. The van der Waals surface area contributed by atoms with E-state index in [9.17, 15) is 9.59 Å². The molecule has 0 spiro atoms. The lowest BCUT2D eigenvalue weighted by atomic mass is 9.84. The first kappa shape index (κ1) is 23.4. The van der Waals surface area contributed by atoms with Gasteiger partial charge in [-0.15, -0.1) is 0 Å². The van der Waals surface area contributed by atoms with E-state index in [1.165, 1.54) is 6.42 Å². The predicted octanol–water partition coefficient (Wildman–Crippen LogP) is 3.50. The highest BCUT2D eigenvalue weighted by Gasteiger charge is 2.32. The summed E-state index contributed by atoms with van der Waals surface area (Å²) in [6.07, 6.45) is 3.15. The molecule has 0 rings (SSSR count). The summed E-state index contributed by atoms with van der Waals surface area (Å²) in [4.78, 5) is 24.7. The molecule has 4 heteroatoms. The summed E-state index contributed by atoms with van der Waals surface area (Å²) in [5.74, 6) is 0.0962. The van der Waals surface area contributed by atoms with Crippen LogP contribution in [0.25, 0.3) is 0 Å². The minimum atomic E-state index is -0.480. The number of rotatable bonds is 7. The second kappa shape index (κ2) is 10.8. The fraction of sp³-hybridized carbons (Fsp3) is 0.889. The minimum absolute atomic E-state index is 0.0935. The molecule has 0 radical (unpaired) electrons. The minimum Gasteiger partial charge on any atom is -0.344 e. The zero-order chi connectivity index (χ0) is 18.0. The maximum Gasteiger partial charge on any atom is 0.228 e. The van der Waals surface area contributed by atoms with Crippen molar-refractivity contribution in [1.29, 1.82) is 0 Å². The van der Waals surface area contributed by atoms with Crippen LogP contribution in [0.5, 0.6) is 0 Å². The Hall–Kier alpha value is -0.900. The molecule has 1 N–H and O–H groups in total. The molecule has 1 atom stereocenters. The van der Waals surface area contributed by atoms with E-state index in [2.05, 4.69) is 39.9 Å². The van der Waals surface area contributed by atoms with Crippen LogP contribution in [-0.4, -0.2) is 43.8 Å². The highest BCUT2D eigenvalue weighted by molar-refractivity contribution is 5.82. The van der Waals surface area contributed by atoms with Crippen LogP contribution in [0.1, 0.15) is 67.7 Å². The van der Waals surface area contributed by atoms with E-state index in [1.54, 1.807) is 4.90 Å². The second-order valence-corrected chi connectivity index (χ2v) is 7.69. The van der Waals surface area contributed by atoms with E-state index < -0.39 is 5.41 Å². The Morgan fingerprint density at radius 2 is 1.64 bits per heavy atom. The molecule has 1 unspecified atom stereocenters. The Labute approximate surface area is 138 Å². The lowest BCUT2D eigenvalue weighted by Crippen LogP contribution is -2.50. The van der Waals surface area contributed by atoms with Crippen LogP contribution < -0.4 is 5.32 Å². The number of carbonyl (C=O) groups excluding carboxylic acids is 2. The average Bonchev–Trinajstić information content (AvgIpc) is 2.40. The molecule has 0 saturated carbocycles. The maximum absolute atomic E-state index is 12.4. The van der Waals surface area contributed by atoms with Gasteiger partial charge in [0.1, 0.15) is 6.29 Å². The van der Waals surface area contributed by atoms with Crippen molar-refractivity contribution in [1.82, 2.24) is 10.2 Å². The third-order valence-corrected chi connectivity index (χ3v) is 3.66. The summed E-state index contributed by atoms with van der Waals surface area (Å²) in [6.45, 7) is 15.2. The Bertz CT molecular complexity index is 320. The molecular formula is C18H38N2O2. The zero-order valence-corrected chi connectivity index (χ0v) is 16.2. The third-order valence-electron chi connectivity index (χ3n) is 3.66. The van der Waals surface area contributed by atoms with E-state index in [0.717, 1.165) is 6.29 Å². The standard InChI is InChI=1S/C15H30N2O2.C3H8/c1-14(2,3)12(16-6)11-17(7)13(19)15(4,5)9-8-10-18;1-3-2/h10,12,16H,8-9,11H2,1-7H3;3H2,1-2H3. The van der Waals surface area contributed by atoms with Crippen molar-refractivity contribution in [3.63, 3.8) is 0 Å². The number of likely N-dealkylation sites (N-methyl/N-ethyl adjacent to an activating group) is 2. The summed E-state index contributed by atoms with van der Waals surface area (Å²) in [6, 6.07) is 0.239. The Morgan fingerprint density at radius 1 is 1.18 bits per heavy atom. The van der Waals surface area contributed by atoms with Crippen molar-refractivity contribution in [2.75, 3.05) is 20.6 Å². The smallest absolute Gasteiger partial charge is 0.228 e. The normalized spacial score (nSPS) is 13.0. The van der Waals surface area contributed by atoms with Gasteiger partial charge in [0, 0.05) is 31.5 Å². The summed E-state index contributed by atoms with van der Waals surface area (Å²) in [5, 5.41) is 3.27. The molecule has 22 heavy (non-hydrogen) atoms. The second-order valence-electron chi connectivity index (χ2n) is 7.69. The molecule has 0 aromatic heterocycles. The van der Waals surface area contributed by atoms with Gasteiger partial charge in [0.2, 0.25) is 5.91 Å². The monoisotopic (exact) mass is 314 g/mol. The molecule has 0 saturated heterocycles. The van der Waals surface area contributed by atoms with E-state index >= 15 is 0 Å². The fourth-order valence-electron chi connectivity index (χ4n) is 2.20. The van der Waals surface area contributed by atoms with Gasteiger partial charge in [-0.25, -0.2) is 0 Å². The Balaban J connectivity index is 0. The molecule has 0 heterocycles. The van der Waals surface area contributed by atoms with Gasteiger partial charge in [-0.05, 0) is 18.9 Å². The van der Waals surface area contributed by atoms with Crippen LogP contribution in [0.4, 0.5) is 0 Å². The molecule has 0 aromatic rings. The van der Waals surface area contributed by atoms with Crippen molar-refractivity contribution in [3.8, 4) is 0 Å². The van der Waals surface area contributed by atoms with Crippen LogP contribution in [-0.2, 0) is 9.59 Å². The first-order valence-corrected chi connectivity index (χ1v) is 8.34. The molecule has 0 aliphatic carbocycles. The molecule has 1 amide bonds. The Kier molecular flexibility index (Phi) is 11.4. The van der Waals surface area contributed by atoms with Crippen molar-refractivity contribution in [2.24, 2.45) is 10.8 Å². The van der Waals surface area contributed by atoms with E-state index in [4.69, 9.17) is 0 Å². The summed E-state index contributed by atoms with van der Waals surface area (Å²) < 4.78 is 0. The first-order valence-electron chi connectivity index (χ1n) is 8.34. The fourth-order valence-corrected chi connectivity index (χ4v) is 2.20. The van der Waals surface area contributed by atoms with Gasteiger partial charge in [-0.3, -0.25) is 4.79 Å². The van der Waals surface area contributed by atoms with Crippen LogP contribution in [0, 0.1) is 10.8 Å². The molecular weight excluding hydrogens is 276 g/mol. The van der Waals surface area contributed by atoms with Gasteiger partial charge in [-0.2, -0.15) is 0 Å². The summed E-state index contributed by atoms with van der Waals surface area (Å²) >= 11 is 0. The molecule has 0 aliphatic rings. The zero-order valence-electron chi connectivity index (χ0n) is 16.2. The van der Waals surface area contributed by atoms with Crippen LogP contribution in [0.3, 0.4) is 0 Å². The Morgan fingerprint density at radius 3 is 1.95 bits per heavy atom. The molecule has 0 aromatic carbocycles. The largest absolute Gasteiger partial charge is 0.344 e. The summed E-state index contributed by atoms with van der Waals surface area (Å²) in [7, 11) is 3.76. The number of aldehydes is 1. The quantitative estimate of drug-likeness (QED) is 0.732. The summed E-state index contributed by atoms with van der Waals surface area (Å²) in [5.41, 5.74) is -0.387. The number of carbonyl (C=O) groups is 2. The van der Waals surface area contributed by atoms with Gasteiger partial charge in [-0.1, -0.05) is 54.9 Å². The predicted molar refractivity (Wildman–Crippen MR) is 95.0 cm³/mol. The number of hydrogen-bond acceptors (Lipinski definition) is 3.